The van der Waals surface area contributed by atoms with Crippen LogP contribution in [0.5, 0.6) is 0 Å². The van der Waals surface area contributed by atoms with Gasteiger partial charge in [-0.15, -0.1) is 0 Å². The summed E-state index contributed by atoms with van der Waals surface area (Å²) in [4.78, 5) is 26.7. The predicted octanol–water partition coefficient (Wildman–Crippen LogP) is 0.672. The Balaban J connectivity index is 2.06. The fourth-order valence-electron chi connectivity index (χ4n) is 3.13. The molecule has 2 rings (SSSR count). The van der Waals surface area contributed by atoms with E-state index in [1.807, 2.05) is 0 Å². The van der Waals surface area contributed by atoms with E-state index in [0.717, 1.165) is 0 Å². The van der Waals surface area contributed by atoms with Crippen LogP contribution in [0.25, 0.3) is 0 Å². The minimum Gasteiger partial charge on any atom is -0.449 e. The minimum atomic E-state index is -3.12. The maximum atomic E-state index is 12.7. The first-order valence-corrected chi connectivity index (χ1v) is 10.8. The zero-order valence-corrected chi connectivity index (χ0v) is 16.4. The van der Waals surface area contributed by atoms with Crippen LogP contribution in [-0.2, 0) is 19.4 Å². The van der Waals surface area contributed by atoms with Crippen molar-refractivity contribution in [3.63, 3.8) is 0 Å². The van der Waals surface area contributed by atoms with Crippen molar-refractivity contribution in [1.82, 2.24) is 4.90 Å². The third-order valence-corrected chi connectivity index (χ3v) is 6.23. The lowest BCUT2D eigenvalue weighted by Gasteiger charge is -2.29. The molecule has 0 aromatic heterocycles. The van der Waals surface area contributed by atoms with E-state index < -0.39 is 27.8 Å². The Labute approximate surface area is 159 Å². The van der Waals surface area contributed by atoms with Gasteiger partial charge in [-0.1, -0.05) is 12.1 Å². The summed E-state index contributed by atoms with van der Waals surface area (Å²) >= 11 is 0. The van der Waals surface area contributed by atoms with Crippen LogP contribution >= 0.6 is 0 Å². The molecular weight excluding hydrogens is 372 g/mol. The van der Waals surface area contributed by atoms with Crippen LogP contribution in [0, 0.1) is 0 Å². The normalized spacial score (nSPS) is 19.3. The number of sulfone groups is 1. The molecule has 150 valence electrons. The molecule has 1 aromatic rings. The molecule has 1 heterocycles. The average Bonchev–Trinajstić information content (AvgIpc) is 3.00. The van der Waals surface area contributed by atoms with Crippen LogP contribution in [0.3, 0.4) is 0 Å². The number of aliphatic hydroxyl groups is 1. The van der Waals surface area contributed by atoms with E-state index in [-0.39, 0.29) is 36.3 Å². The summed E-state index contributed by atoms with van der Waals surface area (Å²) in [5.41, 5.74) is 0.766. The number of rotatable bonds is 8. The van der Waals surface area contributed by atoms with Gasteiger partial charge in [0, 0.05) is 24.8 Å². The number of amides is 1. The molecule has 0 aliphatic carbocycles. The molecule has 1 aliphatic heterocycles. The summed E-state index contributed by atoms with van der Waals surface area (Å²) in [5.74, 6) is -1.05. The SMILES string of the molecule is CCN(C(=O)[C@H](C)OC(=O)c1ccccc1NCCO)[C@H]1CCS(=O)(=O)C1. The standard InChI is InChI=1S/C18H26N2O6S/c1-3-20(14-8-11-27(24,25)12-14)17(22)13(2)26-18(23)15-6-4-5-7-16(15)19-9-10-21/h4-7,13-14,19,21H,3,8-12H2,1-2H3/t13-,14-/m0/s1. The Hall–Kier alpha value is -2.13. The Morgan fingerprint density at radius 1 is 1.37 bits per heavy atom. The quantitative estimate of drug-likeness (QED) is 0.619. The van der Waals surface area contributed by atoms with Crippen molar-refractivity contribution in [2.45, 2.75) is 32.4 Å². The number of nitrogens with zero attached hydrogens (tertiary/aromatic N) is 1. The summed E-state index contributed by atoms with van der Waals surface area (Å²) in [6.45, 7) is 3.78. The van der Waals surface area contributed by atoms with Gasteiger partial charge in [-0.3, -0.25) is 4.79 Å². The Morgan fingerprint density at radius 3 is 2.67 bits per heavy atom. The Morgan fingerprint density at radius 2 is 2.07 bits per heavy atom. The highest BCUT2D eigenvalue weighted by molar-refractivity contribution is 7.91. The second-order valence-corrected chi connectivity index (χ2v) is 8.65. The highest BCUT2D eigenvalue weighted by Crippen LogP contribution is 2.20. The van der Waals surface area contributed by atoms with Crippen molar-refractivity contribution in [1.29, 1.82) is 0 Å². The number of likely N-dealkylation sites (N-methyl/N-ethyl adjacent to an activating group) is 1. The fraction of sp³-hybridized carbons (Fsp3) is 0.556. The molecule has 0 unspecified atom stereocenters. The maximum Gasteiger partial charge on any atom is 0.341 e. The monoisotopic (exact) mass is 398 g/mol. The van der Waals surface area contributed by atoms with Crippen LogP contribution in [0.2, 0.25) is 0 Å². The lowest BCUT2D eigenvalue weighted by Crippen LogP contribution is -2.46. The van der Waals surface area contributed by atoms with Crippen molar-refractivity contribution < 1.29 is 27.9 Å². The van der Waals surface area contributed by atoms with E-state index in [4.69, 9.17) is 9.84 Å². The number of anilines is 1. The van der Waals surface area contributed by atoms with E-state index in [2.05, 4.69) is 5.32 Å². The van der Waals surface area contributed by atoms with Crippen molar-refractivity contribution in [2.24, 2.45) is 0 Å². The molecule has 0 saturated carbocycles. The second-order valence-electron chi connectivity index (χ2n) is 6.42. The van der Waals surface area contributed by atoms with E-state index >= 15 is 0 Å². The van der Waals surface area contributed by atoms with Crippen LogP contribution in [0.1, 0.15) is 30.6 Å². The molecule has 27 heavy (non-hydrogen) atoms. The third kappa shape index (κ3) is 5.43. The minimum absolute atomic E-state index is 0.0544. The van der Waals surface area contributed by atoms with E-state index in [0.29, 0.717) is 18.7 Å². The lowest BCUT2D eigenvalue weighted by atomic mass is 10.1. The van der Waals surface area contributed by atoms with Crippen LogP contribution in [-0.4, -0.2) is 73.6 Å². The number of ether oxygens (including phenoxy) is 1. The van der Waals surface area contributed by atoms with Gasteiger partial charge in [0.1, 0.15) is 0 Å². The van der Waals surface area contributed by atoms with Crippen molar-refractivity contribution in [2.75, 3.05) is 36.5 Å². The topological polar surface area (TPSA) is 113 Å². The molecule has 0 spiro atoms. The number of hydrogen-bond donors (Lipinski definition) is 2. The molecule has 8 nitrogen and oxygen atoms in total. The number of para-hydroxylation sites is 1. The number of aliphatic hydroxyl groups excluding tert-OH is 1. The Kier molecular flexibility index (Phi) is 7.20. The fourth-order valence-corrected chi connectivity index (χ4v) is 4.86. The molecule has 1 saturated heterocycles. The van der Waals surface area contributed by atoms with Crippen molar-refractivity contribution in [3.05, 3.63) is 29.8 Å². The van der Waals surface area contributed by atoms with Gasteiger partial charge in [-0.25, -0.2) is 13.2 Å². The average molecular weight is 398 g/mol. The molecule has 1 aliphatic rings. The molecule has 9 heteroatoms. The van der Waals surface area contributed by atoms with Gasteiger partial charge in [-0.05, 0) is 32.4 Å². The zero-order valence-electron chi connectivity index (χ0n) is 15.6. The second kappa shape index (κ2) is 9.18. The lowest BCUT2D eigenvalue weighted by molar-refractivity contribution is -0.141. The summed E-state index contributed by atoms with van der Waals surface area (Å²) in [6, 6.07) is 6.28. The van der Waals surface area contributed by atoms with Gasteiger partial charge in [0.2, 0.25) is 0 Å². The first kappa shape index (κ1) is 21.2. The molecule has 2 N–H and O–H groups in total. The van der Waals surface area contributed by atoms with E-state index in [9.17, 15) is 18.0 Å². The Bertz CT molecular complexity index is 780. The predicted molar refractivity (Wildman–Crippen MR) is 101 cm³/mol. The van der Waals surface area contributed by atoms with Crippen LogP contribution < -0.4 is 5.32 Å². The number of carbonyl (C=O) groups is 2. The van der Waals surface area contributed by atoms with Gasteiger partial charge in [0.15, 0.2) is 15.9 Å². The summed E-state index contributed by atoms with van der Waals surface area (Å²) in [5, 5.41) is 11.9. The first-order chi connectivity index (χ1) is 12.8. The number of esters is 1. The maximum absolute atomic E-state index is 12.7. The first-order valence-electron chi connectivity index (χ1n) is 8.94. The molecule has 1 fully saturated rings. The number of carbonyl (C=O) groups excluding carboxylic acids is 2. The number of nitrogens with one attached hydrogen (secondary N) is 1. The van der Waals surface area contributed by atoms with Gasteiger partial charge in [-0.2, -0.15) is 0 Å². The largest absolute Gasteiger partial charge is 0.449 e. The van der Waals surface area contributed by atoms with Crippen molar-refractivity contribution in [3.8, 4) is 0 Å². The smallest absolute Gasteiger partial charge is 0.341 e. The van der Waals surface area contributed by atoms with Crippen molar-refractivity contribution >= 4 is 27.4 Å². The molecule has 0 bridgehead atoms. The van der Waals surface area contributed by atoms with Gasteiger partial charge >= 0.3 is 5.97 Å². The number of benzene rings is 1. The molecule has 0 radical (unpaired) electrons. The molecule has 2 atom stereocenters. The molecular formula is C18H26N2O6S. The van der Waals surface area contributed by atoms with Gasteiger partial charge in [0.25, 0.3) is 5.91 Å². The third-order valence-electron chi connectivity index (χ3n) is 4.48. The number of hydrogen-bond acceptors (Lipinski definition) is 7. The highest BCUT2D eigenvalue weighted by atomic mass is 32.2. The summed E-state index contributed by atoms with van der Waals surface area (Å²) < 4.78 is 28.7. The summed E-state index contributed by atoms with van der Waals surface area (Å²) in [7, 11) is -3.12. The summed E-state index contributed by atoms with van der Waals surface area (Å²) in [6.07, 6.45) is -0.636. The van der Waals surface area contributed by atoms with Crippen LogP contribution in [0.15, 0.2) is 24.3 Å². The van der Waals surface area contributed by atoms with E-state index in [1.165, 1.54) is 11.8 Å². The van der Waals surface area contributed by atoms with E-state index in [1.54, 1.807) is 31.2 Å². The molecule has 1 amide bonds. The highest BCUT2D eigenvalue weighted by Gasteiger charge is 2.36. The van der Waals surface area contributed by atoms with Gasteiger partial charge < -0.3 is 20.1 Å². The zero-order chi connectivity index (χ0) is 20.0. The van der Waals surface area contributed by atoms with Crippen LogP contribution in [0.4, 0.5) is 5.69 Å². The van der Waals surface area contributed by atoms with Gasteiger partial charge in [0.05, 0.1) is 23.7 Å². The molecule has 1 aromatic carbocycles.